The summed E-state index contributed by atoms with van der Waals surface area (Å²) >= 11 is 3.54. The zero-order valence-corrected chi connectivity index (χ0v) is 10.0. The molecule has 14 heavy (non-hydrogen) atoms. The lowest BCUT2D eigenvalue weighted by atomic mass is 9.91. The first-order valence-corrected chi connectivity index (χ1v) is 6.64. The van der Waals surface area contributed by atoms with E-state index in [-0.39, 0.29) is 5.41 Å². The summed E-state index contributed by atoms with van der Waals surface area (Å²) in [7, 11) is 0. The second kappa shape index (κ2) is 3.66. The van der Waals surface area contributed by atoms with E-state index in [9.17, 15) is 4.79 Å². The number of thiazole rings is 1. The lowest BCUT2D eigenvalue weighted by Gasteiger charge is -2.18. The topological polar surface area (TPSA) is 30.0 Å². The van der Waals surface area contributed by atoms with E-state index in [1.807, 2.05) is 18.7 Å². The molecule has 1 aromatic heterocycles. The van der Waals surface area contributed by atoms with Gasteiger partial charge in [0.25, 0.3) is 0 Å². The molecule has 1 saturated heterocycles. The molecule has 2 heterocycles. The van der Waals surface area contributed by atoms with Crippen molar-refractivity contribution in [2.24, 2.45) is 0 Å². The Bertz CT molecular complexity index is 353. The molecule has 0 N–H and O–H groups in total. The van der Waals surface area contributed by atoms with Gasteiger partial charge in [-0.25, -0.2) is 4.98 Å². The molecule has 0 bridgehead atoms. The van der Waals surface area contributed by atoms with Gasteiger partial charge in [-0.15, -0.1) is 11.3 Å². The third-order valence-electron chi connectivity index (χ3n) is 2.67. The van der Waals surface area contributed by atoms with Crippen LogP contribution in [0.4, 0.5) is 0 Å². The second-order valence-electron chi connectivity index (χ2n) is 3.95. The number of hydrogen-bond donors (Lipinski definition) is 0. The van der Waals surface area contributed by atoms with Crippen molar-refractivity contribution >= 4 is 29.4 Å². The number of hydrogen-bond acceptors (Lipinski definition) is 4. The van der Waals surface area contributed by atoms with Crippen molar-refractivity contribution in [2.75, 3.05) is 11.5 Å². The largest absolute Gasteiger partial charge is 0.297 e. The molecule has 1 fully saturated rings. The summed E-state index contributed by atoms with van der Waals surface area (Å²) in [5, 5.41) is 1.14. The molecule has 1 aromatic rings. The van der Waals surface area contributed by atoms with E-state index in [1.54, 1.807) is 11.3 Å². The molecule has 0 saturated carbocycles. The summed E-state index contributed by atoms with van der Waals surface area (Å²) in [6.45, 7) is 4.16. The minimum Gasteiger partial charge on any atom is -0.297 e. The number of aryl methyl sites for hydroxylation is 1. The molecule has 1 atom stereocenters. The van der Waals surface area contributed by atoms with Crippen molar-refractivity contribution in [3.63, 3.8) is 0 Å². The van der Waals surface area contributed by atoms with Gasteiger partial charge in [-0.3, -0.25) is 4.79 Å². The van der Waals surface area contributed by atoms with E-state index in [4.69, 9.17) is 0 Å². The average molecular weight is 227 g/mol. The van der Waals surface area contributed by atoms with Gasteiger partial charge >= 0.3 is 0 Å². The van der Waals surface area contributed by atoms with Gasteiger partial charge < -0.3 is 0 Å². The molecular formula is C10H13NOS2. The summed E-state index contributed by atoms with van der Waals surface area (Å²) in [5.41, 5.74) is 1.10. The molecule has 1 aliphatic heterocycles. The predicted octanol–water partition coefficient (Wildman–Crippen LogP) is 2.66. The maximum absolute atomic E-state index is 10.7. The Morgan fingerprint density at radius 2 is 2.36 bits per heavy atom. The Kier molecular flexibility index (Phi) is 2.66. The molecule has 1 aliphatic rings. The summed E-state index contributed by atoms with van der Waals surface area (Å²) in [5.74, 6) is 2.35. The Labute approximate surface area is 92.1 Å². The summed E-state index contributed by atoms with van der Waals surface area (Å²) < 4.78 is 0. The highest BCUT2D eigenvalue weighted by Gasteiger charge is 2.34. The Morgan fingerprint density at radius 1 is 1.57 bits per heavy atom. The molecule has 0 aliphatic carbocycles. The van der Waals surface area contributed by atoms with Gasteiger partial charge in [-0.1, -0.05) is 6.92 Å². The molecule has 0 amide bonds. The van der Waals surface area contributed by atoms with Crippen LogP contribution in [0.2, 0.25) is 0 Å². The highest BCUT2D eigenvalue weighted by molar-refractivity contribution is 7.99. The molecule has 4 heteroatoms. The van der Waals surface area contributed by atoms with Crippen molar-refractivity contribution in [3.8, 4) is 0 Å². The van der Waals surface area contributed by atoms with Crippen LogP contribution in [0.5, 0.6) is 0 Å². The van der Waals surface area contributed by atoms with Crippen molar-refractivity contribution in [3.05, 3.63) is 15.6 Å². The van der Waals surface area contributed by atoms with Crippen LogP contribution in [0.1, 0.15) is 33.7 Å². The molecule has 0 spiro atoms. The van der Waals surface area contributed by atoms with Gasteiger partial charge in [0.15, 0.2) is 6.29 Å². The van der Waals surface area contributed by atoms with E-state index in [1.165, 1.54) is 12.2 Å². The first-order chi connectivity index (χ1) is 6.65. The first kappa shape index (κ1) is 10.2. The smallest absolute Gasteiger partial charge is 0.161 e. The fraction of sp³-hybridized carbons (Fsp3) is 0.600. The van der Waals surface area contributed by atoms with E-state index in [0.29, 0.717) is 0 Å². The van der Waals surface area contributed by atoms with E-state index < -0.39 is 0 Å². The predicted molar refractivity (Wildman–Crippen MR) is 61.5 cm³/mol. The van der Waals surface area contributed by atoms with Gasteiger partial charge in [0.1, 0.15) is 5.01 Å². The first-order valence-electron chi connectivity index (χ1n) is 4.66. The monoisotopic (exact) mass is 227 g/mol. The maximum atomic E-state index is 10.7. The molecule has 76 valence electrons. The lowest BCUT2D eigenvalue weighted by Crippen LogP contribution is -2.20. The second-order valence-corrected chi connectivity index (χ2v) is 6.09. The normalized spacial score (nSPS) is 26.7. The van der Waals surface area contributed by atoms with Crippen molar-refractivity contribution in [1.29, 1.82) is 0 Å². The third kappa shape index (κ3) is 1.61. The standard InChI is InChI=1S/C10H13NOS2/c1-7-8(5-12)14-9(11-7)10(2)3-4-13-6-10/h5H,3-4,6H2,1-2H3. The minimum atomic E-state index is 0.210. The molecule has 0 radical (unpaired) electrons. The quantitative estimate of drug-likeness (QED) is 0.728. The number of thioether (sulfide) groups is 1. The van der Waals surface area contributed by atoms with Crippen LogP contribution < -0.4 is 0 Å². The summed E-state index contributed by atoms with van der Waals surface area (Å²) in [6.07, 6.45) is 2.10. The van der Waals surface area contributed by atoms with Gasteiger partial charge in [0, 0.05) is 11.2 Å². The Balaban J connectivity index is 2.36. The fourth-order valence-corrected chi connectivity index (χ4v) is 4.23. The zero-order valence-electron chi connectivity index (χ0n) is 8.37. The third-order valence-corrected chi connectivity index (χ3v) is 5.40. The fourth-order valence-electron chi connectivity index (χ4n) is 1.61. The zero-order chi connectivity index (χ0) is 10.2. The number of aromatic nitrogens is 1. The Hall–Kier alpha value is -0.350. The lowest BCUT2D eigenvalue weighted by molar-refractivity contribution is 0.112. The van der Waals surface area contributed by atoms with Crippen LogP contribution in [0, 0.1) is 6.92 Å². The van der Waals surface area contributed by atoms with Crippen LogP contribution in [-0.4, -0.2) is 22.8 Å². The van der Waals surface area contributed by atoms with Crippen molar-refractivity contribution in [2.45, 2.75) is 25.7 Å². The molecular weight excluding hydrogens is 214 g/mol. The van der Waals surface area contributed by atoms with Crippen LogP contribution in [0.25, 0.3) is 0 Å². The SMILES string of the molecule is Cc1nc(C2(C)CCSC2)sc1C=O. The van der Waals surface area contributed by atoms with E-state index >= 15 is 0 Å². The molecule has 2 nitrogen and oxygen atoms in total. The average Bonchev–Trinajstić information content (AvgIpc) is 2.73. The number of rotatable bonds is 2. The molecule has 1 unspecified atom stereocenters. The van der Waals surface area contributed by atoms with Crippen molar-refractivity contribution in [1.82, 2.24) is 4.98 Å². The van der Waals surface area contributed by atoms with Crippen molar-refractivity contribution < 1.29 is 4.79 Å². The van der Waals surface area contributed by atoms with Crippen LogP contribution >= 0.6 is 23.1 Å². The van der Waals surface area contributed by atoms with Crippen LogP contribution in [-0.2, 0) is 5.41 Å². The highest BCUT2D eigenvalue weighted by atomic mass is 32.2. The number of nitrogens with zero attached hydrogens (tertiary/aromatic N) is 1. The van der Waals surface area contributed by atoms with Gasteiger partial charge in [0.05, 0.1) is 10.6 Å². The summed E-state index contributed by atoms with van der Waals surface area (Å²) in [6, 6.07) is 0. The minimum absolute atomic E-state index is 0.210. The molecule has 2 rings (SSSR count). The van der Waals surface area contributed by atoms with E-state index in [2.05, 4.69) is 11.9 Å². The van der Waals surface area contributed by atoms with Gasteiger partial charge in [0.2, 0.25) is 0 Å². The highest BCUT2D eigenvalue weighted by Crippen LogP contribution is 2.40. The maximum Gasteiger partial charge on any atom is 0.161 e. The summed E-state index contributed by atoms with van der Waals surface area (Å²) in [4.78, 5) is 16.0. The number of carbonyl (C=O) groups excluding carboxylic acids is 1. The number of carbonyl (C=O) groups is 1. The van der Waals surface area contributed by atoms with Gasteiger partial charge in [-0.05, 0) is 19.1 Å². The Morgan fingerprint density at radius 3 is 2.86 bits per heavy atom. The number of aldehydes is 1. The van der Waals surface area contributed by atoms with Crippen LogP contribution in [0.3, 0.4) is 0 Å². The van der Waals surface area contributed by atoms with Gasteiger partial charge in [-0.2, -0.15) is 11.8 Å². The molecule has 0 aromatic carbocycles. The van der Waals surface area contributed by atoms with Crippen LogP contribution in [0.15, 0.2) is 0 Å². The van der Waals surface area contributed by atoms with E-state index in [0.717, 1.165) is 27.6 Å².